The molecule has 0 unspecified atom stereocenters. The third kappa shape index (κ3) is 8.63. The van der Waals surface area contributed by atoms with E-state index in [9.17, 15) is 4.57 Å². The maximum atomic E-state index is 14.0. The van der Waals surface area contributed by atoms with E-state index in [1.165, 1.54) is 0 Å². The fourth-order valence-corrected chi connectivity index (χ4v) is 5.47. The Hall–Kier alpha value is -4.22. The van der Waals surface area contributed by atoms with Gasteiger partial charge in [0.1, 0.15) is 23.0 Å². The third-order valence-electron chi connectivity index (χ3n) is 5.87. The maximum absolute atomic E-state index is 14.0. The van der Waals surface area contributed by atoms with E-state index in [0.29, 0.717) is 46.6 Å². The minimum Gasteiger partial charge on any atom is -0.468 e. The average Bonchev–Trinajstić information content (AvgIpc) is 2.98. The van der Waals surface area contributed by atoms with Crippen molar-refractivity contribution in [3.05, 3.63) is 155 Å². The molecule has 0 fully saturated rings. The lowest BCUT2D eigenvalue weighted by Gasteiger charge is -2.21. The molecule has 0 aromatic heterocycles. The van der Waals surface area contributed by atoms with Gasteiger partial charge in [-0.15, -0.1) is 0 Å². The molecule has 0 aliphatic carbocycles. The van der Waals surface area contributed by atoms with Crippen LogP contribution in [0.1, 0.15) is 16.7 Å². The van der Waals surface area contributed by atoms with E-state index < -0.39 is 7.82 Å². The summed E-state index contributed by atoms with van der Waals surface area (Å²) in [5.41, 5.74) is 2.70. The lowest BCUT2D eigenvalue weighted by atomic mass is 10.0. The zero-order chi connectivity index (χ0) is 28.3. The topological polar surface area (TPSA) is 63.2 Å². The molecule has 0 atom stereocenters. The normalized spacial score (nSPS) is 11.0. The van der Waals surface area contributed by atoms with E-state index in [1.807, 2.05) is 66.7 Å². The van der Waals surface area contributed by atoms with Crippen LogP contribution < -0.4 is 18.3 Å². The molecule has 0 saturated carbocycles. The van der Waals surface area contributed by atoms with Gasteiger partial charge in [0.25, 0.3) is 0 Å². The molecule has 0 radical (unpaired) electrons. The van der Waals surface area contributed by atoms with Crippen LogP contribution in [-0.4, -0.2) is 6.79 Å². The number of hydrogen-bond donors (Lipinski definition) is 0. The summed E-state index contributed by atoms with van der Waals surface area (Å²) in [6.07, 6.45) is 0.425. The first-order valence-electron chi connectivity index (χ1n) is 13.0. The van der Waals surface area contributed by atoms with Crippen molar-refractivity contribution in [3.8, 4) is 23.0 Å². The van der Waals surface area contributed by atoms with Crippen molar-refractivity contribution in [2.24, 2.45) is 0 Å². The summed E-state index contributed by atoms with van der Waals surface area (Å²) in [5.74, 6) is 1.68. The molecule has 41 heavy (non-hydrogen) atoms. The second-order valence-electron chi connectivity index (χ2n) is 9.02. The van der Waals surface area contributed by atoms with E-state index in [2.05, 4.69) is 0 Å². The van der Waals surface area contributed by atoms with Gasteiger partial charge >= 0.3 is 7.82 Å². The molecule has 5 aromatic carbocycles. The molecule has 0 aliphatic rings. The Kier molecular flexibility index (Phi) is 9.61. The highest BCUT2D eigenvalue weighted by molar-refractivity contribution is 7.49. The largest absolute Gasteiger partial charge is 0.647 e. The van der Waals surface area contributed by atoms with E-state index in [0.717, 1.165) is 11.1 Å². The molecular weight excluding hydrogens is 559 g/mol. The Morgan fingerprint density at radius 2 is 1.17 bits per heavy atom. The molecule has 0 aliphatic heterocycles. The van der Waals surface area contributed by atoms with Crippen LogP contribution in [0.15, 0.2) is 133 Å². The van der Waals surface area contributed by atoms with Crippen LogP contribution in [0.2, 0.25) is 5.02 Å². The Labute approximate surface area is 244 Å². The Morgan fingerprint density at radius 1 is 0.585 bits per heavy atom. The second-order valence-corrected chi connectivity index (χ2v) is 10.9. The summed E-state index contributed by atoms with van der Waals surface area (Å²) in [6.45, 7) is 0.570. The van der Waals surface area contributed by atoms with Gasteiger partial charge in [-0.1, -0.05) is 90.5 Å². The molecule has 0 bridgehead atoms. The van der Waals surface area contributed by atoms with Crippen molar-refractivity contribution in [2.45, 2.75) is 13.0 Å². The van der Waals surface area contributed by atoms with E-state index in [4.69, 9.17) is 34.6 Å². The van der Waals surface area contributed by atoms with Gasteiger partial charge < -0.3 is 23.0 Å². The van der Waals surface area contributed by atoms with Crippen molar-refractivity contribution in [1.29, 1.82) is 0 Å². The number of phosphoric acid groups is 1. The highest BCUT2D eigenvalue weighted by Crippen LogP contribution is 2.50. The van der Waals surface area contributed by atoms with Gasteiger partial charge in [-0.2, -0.15) is 4.57 Å². The molecule has 0 heterocycles. The van der Waals surface area contributed by atoms with Gasteiger partial charge in [-0.05, 0) is 65.7 Å². The SMILES string of the molecule is O=P(Oc1ccccc1)(Oc1ccccc1)Oc1ccc(Cl)cc1Cc1cccc(OCOCc2ccccc2)c1. The maximum Gasteiger partial charge on any atom is 0.647 e. The third-order valence-corrected chi connectivity index (χ3v) is 7.39. The lowest BCUT2D eigenvalue weighted by molar-refractivity contribution is 0.00501. The van der Waals surface area contributed by atoms with E-state index in [-0.39, 0.29) is 6.79 Å². The number of rotatable bonds is 13. The number of hydrogen-bond acceptors (Lipinski definition) is 6. The first-order chi connectivity index (χ1) is 20.0. The van der Waals surface area contributed by atoms with Crippen molar-refractivity contribution in [1.82, 2.24) is 0 Å². The second kappa shape index (κ2) is 13.9. The zero-order valence-electron chi connectivity index (χ0n) is 22.1. The van der Waals surface area contributed by atoms with Crippen molar-refractivity contribution in [3.63, 3.8) is 0 Å². The molecule has 208 valence electrons. The number of para-hydroxylation sites is 2. The Bertz CT molecular complexity index is 1540. The quantitative estimate of drug-likeness (QED) is 0.0779. The molecule has 8 heteroatoms. The lowest BCUT2D eigenvalue weighted by Crippen LogP contribution is -2.09. The smallest absolute Gasteiger partial charge is 0.468 e. The summed E-state index contributed by atoms with van der Waals surface area (Å²) in [5, 5.41) is 0.511. The number of phosphoric ester groups is 1. The minimum absolute atomic E-state index is 0.112. The Balaban J connectivity index is 1.31. The van der Waals surface area contributed by atoms with E-state index >= 15 is 0 Å². The van der Waals surface area contributed by atoms with E-state index in [1.54, 1.807) is 66.7 Å². The predicted molar refractivity (Wildman–Crippen MR) is 160 cm³/mol. The van der Waals surface area contributed by atoms with Crippen LogP contribution in [-0.2, 0) is 22.3 Å². The standard InChI is InChI=1S/C33H28ClO6P/c34-29-19-20-33(40-41(35,38-30-14-6-2-7-15-30)39-31-16-8-3-9-17-31)28(23-29)21-27-13-10-18-32(22-27)37-25-36-24-26-11-4-1-5-12-26/h1-20,22-23H,21,24-25H2. The van der Waals surface area contributed by atoms with Crippen molar-refractivity contribution < 1.29 is 27.6 Å². The van der Waals surface area contributed by atoms with Crippen LogP contribution in [0.4, 0.5) is 0 Å². The number of benzene rings is 5. The molecule has 0 N–H and O–H groups in total. The molecule has 0 spiro atoms. The van der Waals surface area contributed by atoms with Gasteiger partial charge in [0.2, 0.25) is 0 Å². The van der Waals surface area contributed by atoms with Crippen molar-refractivity contribution >= 4 is 19.4 Å². The van der Waals surface area contributed by atoms with Crippen LogP contribution in [0, 0.1) is 0 Å². The van der Waals surface area contributed by atoms with Crippen LogP contribution in [0.5, 0.6) is 23.0 Å². The summed E-state index contributed by atoms with van der Waals surface area (Å²) in [4.78, 5) is 0. The highest BCUT2D eigenvalue weighted by atomic mass is 35.5. The Morgan fingerprint density at radius 3 is 1.83 bits per heavy atom. The van der Waals surface area contributed by atoms with Gasteiger partial charge in [-0.25, -0.2) is 0 Å². The predicted octanol–water partition coefficient (Wildman–Crippen LogP) is 9.13. The molecular formula is C33H28ClO6P. The number of halogens is 1. The molecule has 5 aromatic rings. The average molecular weight is 587 g/mol. The fourth-order valence-electron chi connectivity index (χ4n) is 3.98. The zero-order valence-corrected chi connectivity index (χ0v) is 23.7. The summed E-state index contributed by atoms with van der Waals surface area (Å²) in [7, 11) is -4.17. The summed E-state index contributed by atoms with van der Waals surface area (Å²) in [6, 6.07) is 40.1. The number of ether oxygens (including phenoxy) is 2. The fraction of sp³-hybridized carbons (Fsp3) is 0.0909. The molecule has 0 saturated heterocycles. The molecule has 6 nitrogen and oxygen atoms in total. The molecule has 0 amide bonds. The van der Waals surface area contributed by atoms with Gasteiger partial charge in [-0.3, -0.25) is 0 Å². The van der Waals surface area contributed by atoms with Crippen LogP contribution in [0.25, 0.3) is 0 Å². The molecule has 5 rings (SSSR count). The first kappa shape index (κ1) is 28.3. The van der Waals surface area contributed by atoms with Gasteiger partial charge in [0.15, 0.2) is 6.79 Å². The monoisotopic (exact) mass is 586 g/mol. The van der Waals surface area contributed by atoms with Crippen molar-refractivity contribution in [2.75, 3.05) is 6.79 Å². The van der Waals surface area contributed by atoms with Gasteiger partial charge in [0, 0.05) is 17.0 Å². The summed E-state index contributed by atoms with van der Waals surface area (Å²) < 4.78 is 43.1. The first-order valence-corrected chi connectivity index (χ1v) is 14.8. The van der Waals surface area contributed by atoms with Gasteiger partial charge in [0.05, 0.1) is 6.61 Å². The van der Waals surface area contributed by atoms with Crippen LogP contribution in [0.3, 0.4) is 0 Å². The summed E-state index contributed by atoms with van der Waals surface area (Å²) >= 11 is 6.35. The van der Waals surface area contributed by atoms with Crippen LogP contribution >= 0.6 is 19.4 Å². The highest BCUT2D eigenvalue weighted by Gasteiger charge is 2.34. The minimum atomic E-state index is -4.17.